The van der Waals surface area contributed by atoms with Gasteiger partial charge in [-0.25, -0.2) is 9.50 Å². The van der Waals surface area contributed by atoms with Gasteiger partial charge in [0.05, 0.1) is 17.1 Å². The second-order valence-electron chi connectivity index (χ2n) is 8.21. The number of nitrogens with one attached hydrogen (secondary N) is 1. The number of fused-ring (bicyclic) bond motifs is 4. The van der Waals surface area contributed by atoms with Crippen molar-refractivity contribution in [3.05, 3.63) is 41.1 Å². The Morgan fingerprint density at radius 1 is 1.17 bits per heavy atom. The Kier molecular flexibility index (Phi) is 4.79. The number of hydrogen-bond donors (Lipinski definition) is 1. The summed E-state index contributed by atoms with van der Waals surface area (Å²) in [6.07, 6.45) is 11.1. The third-order valence-electron chi connectivity index (χ3n) is 6.46. The molecule has 2 fully saturated rings. The van der Waals surface area contributed by atoms with E-state index in [9.17, 15) is 9.59 Å². The van der Waals surface area contributed by atoms with Crippen LogP contribution >= 0.6 is 0 Å². The molecular formula is C21H26N6O2. The Morgan fingerprint density at radius 3 is 3.00 bits per heavy atom. The molecule has 2 aliphatic heterocycles. The minimum Gasteiger partial charge on any atom is -0.354 e. The van der Waals surface area contributed by atoms with Crippen molar-refractivity contribution in [2.75, 3.05) is 19.6 Å². The number of pyridine rings is 1. The number of nitrogens with zero attached hydrogens (tertiary/aromatic N) is 5. The number of aromatic nitrogens is 4. The van der Waals surface area contributed by atoms with E-state index in [2.05, 4.69) is 20.3 Å². The molecule has 8 nitrogen and oxygen atoms in total. The van der Waals surface area contributed by atoms with Crippen molar-refractivity contribution < 1.29 is 4.79 Å². The van der Waals surface area contributed by atoms with Crippen LogP contribution < -0.4 is 10.9 Å². The molecule has 0 aromatic carbocycles. The molecule has 0 spiro atoms. The van der Waals surface area contributed by atoms with Gasteiger partial charge in [-0.3, -0.25) is 9.59 Å². The van der Waals surface area contributed by atoms with Crippen LogP contribution in [0.1, 0.15) is 32.1 Å². The lowest BCUT2D eigenvalue weighted by molar-refractivity contribution is -0.122. The first-order valence-electron chi connectivity index (χ1n) is 10.5. The van der Waals surface area contributed by atoms with Crippen LogP contribution in [0.4, 0.5) is 0 Å². The molecular weight excluding hydrogens is 368 g/mol. The molecule has 8 heteroatoms. The minimum absolute atomic E-state index is 0.0209. The van der Waals surface area contributed by atoms with Crippen LogP contribution in [0.15, 0.2) is 35.5 Å². The van der Waals surface area contributed by atoms with Gasteiger partial charge in [0.1, 0.15) is 6.54 Å². The zero-order valence-electron chi connectivity index (χ0n) is 16.5. The zero-order valence-corrected chi connectivity index (χ0v) is 16.5. The van der Waals surface area contributed by atoms with E-state index >= 15 is 0 Å². The van der Waals surface area contributed by atoms with Crippen molar-refractivity contribution in [3.8, 4) is 0 Å². The average Bonchev–Trinajstić information content (AvgIpc) is 3.23. The fourth-order valence-electron chi connectivity index (χ4n) is 4.99. The van der Waals surface area contributed by atoms with Crippen LogP contribution in [0.2, 0.25) is 0 Å². The van der Waals surface area contributed by atoms with Crippen molar-refractivity contribution in [1.29, 1.82) is 0 Å². The summed E-state index contributed by atoms with van der Waals surface area (Å²) in [4.78, 5) is 32.2. The van der Waals surface area contributed by atoms with Crippen LogP contribution in [0.25, 0.3) is 16.6 Å². The molecule has 0 bridgehead atoms. The molecule has 2 saturated heterocycles. The Hall–Kier alpha value is -2.74. The monoisotopic (exact) mass is 394 g/mol. The Morgan fingerprint density at radius 2 is 2.07 bits per heavy atom. The summed E-state index contributed by atoms with van der Waals surface area (Å²) < 4.78 is 3.09. The van der Waals surface area contributed by atoms with E-state index in [1.807, 2.05) is 6.07 Å². The van der Waals surface area contributed by atoms with Gasteiger partial charge in [0.2, 0.25) is 5.91 Å². The number of amides is 1. The third-order valence-corrected chi connectivity index (χ3v) is 6.46. The second-order valence-corrected chi connectivity index (χ2v) is 8.21. The number of piperidine rings is 2. The molecule has 1 amide bonds. The van der Waals surface area contributed by atoms with Gasteiger partial charge in [-0.2, -0.15) is 5.10 Å². The summed E-state index contributed by atoms with van der Waals surface area (Å²) in [6.45, 7) is 3.10. The lowest BCUT2D eigenvalue weighted by atomic mass is 9.83. The second kappa shape index (κ2) is 7.59. The van der Waals surface area contributed by atoms with Crippen molar-refractivity contribution in [2.45, 2.75) is 44.7 Å². The van der Waals surface area contributed by atoms with Crippen LogP contribution in [-0.4, -0.2) is 55.6 Å². The summed E-state index contributed by atoms with van der Waals surface area (Å²) in [5.74, 6) is 0.395. The Bertz CT molecular complexity index is 1100. The van der Waals surface area contributed by atoms with Crippen LogP contribution in [0.3, 0.4) is 0 Å². The van der Waals surface area contributed by atoms with E-state index < -0.39 is 0 Å². The van der Waals surface area contributed by atoms with Crippen molar-refractivity contribution in [1.82, 2.24) is 29.4 Å². The highest BCUT2D eigenvalue weighted by molar-refractivity contribution is 5.80. The van der Waals surface area contributed by atoms with Crippen LogP contribution in [-0.2, 0) is 11.3 Å². The molecule has 3 aromatic heterocycles. The lowest BCUT2D eigenvalue weighted by Crippen LogP contribution is -2.51. The van der Waals surface area contributed by atoms with Gasteiger partial charge in [0.15, 0.2) is 5.65 Å². The van der Waals surface area contributed by atoms with Crippen molar-refractivity contribution >= 4 is 22.5 Å². The molecule has 0 aliphatic carbocycles. The normalized spacial score (nSPS) is 22.6. The van der Waals surface area contributed by atoms with E-state index in [1.54, 1.807) is 29.2 Å². The highest BCUT2D eigenvalue weighted by atomic mass is 16.2. The van der Waals surface area contributed by atoms with Gasteiger partial charge < -0.3 is 14.8 Å². The zero-order chi connectivity index (χ0) is 19.8. The van der Waals surface area contributed by atoms with Gasteiger partial charge in [-0.15, -0.1) is 0 Å². The third kappa shape index (κ3) is 3.42. The maximum atomic E-state index is 12.8. The van der Waals surface area contributed by atoms with Gasteiger partial charge >= 0.3 is 0 Å². The minimum atomic E-state index is -0.223. The molecule has 0 radical (unpaired) electrons. The molecule has 5 rings (SSSR count). The van der Waals surface area contributed by atoms with Crippen LogP contribution in [0.5, 0.6) is 0 Å². The standard InChI is InChI=1S/C21H26N6O2/c28-20(23-12-15-4-3-10-25-9-2-1-5-17(15)25)14-26-11-7-18-16(21(26)29)13-22-19-6-8-24-27(18)19/h6-8,11,13,15,17H,1-5,9-10,12,14H2,(H,23,28)/t15-,17+/m1/s1. The lowest BCUT2D eigenvalue weighted by Gasteiger charge is -2.44. The first kappa shape index (κ1) is 18.3. The smallest absolute Gasteiger partial charge is 0.262 e. The topological polar surface area (TPSA) is 84.5 Å². The molecule has 0 saturated carbocycles. The summed E-state index contributed by atoms with van der Waals surface area (Å²) in [7, 11) is 0. The van der Waals surface area contributed by atoms with E-state index in [4.69, 9.17) is 0 Å². The Balaban J connectivity index is 1.28. The van der Waals surface area contributed by atoms with Crippen molar-refractivity contribution in [2.24, 2.45) is 5.92 Å². The fourth-order valence-corrected chi connectivity index (χ4v) is 4.99. The largest absolute Gasteiger partial charge is 0.354 e. The number of carbonyl (C=O) groups is 1. The SMILES string of the molecule is O=C(Cn1ccc2c(cnc3ccnn32)c1=O)NC[C@H]1CCCN2CCCC[C@@H]12. The predicted molar refractivity (Wildman–Crippen MR) is 110 cm³/mol. The summed E-state index contributed by atoms with van der Waals surface area (Å²) >= 11 is 0. The molecule has 3 aromatic rings. The highest BCUT2D eigenvalue weighted by Crippen LogP contribution is 2.30. The maximum Gasteiger partial charge on any atom is 0.262 e. The van der Waals surface area contributed by atoms with E-state index in [0.29, 0.717) is 35.1 Å². The maximum absolute atomic E-state index is 12.8. The Labute approximate surface area is 168 Å². The predicted octanol–water partition coefficient (Wildman–Crippen LogP) is 1.42. The molecule has 0 unspecified atom stereocenters. The van der Waals surface area contributed by atoms with Gasteiger partial charge in [0.25, 0.3) is 5.56 Å². The van der Waals surface area contributed by atoms with E-state index in [1.165, 1.54) is 49.8 Å². The molecule has 1 N–H and O–H groups in total. The van der Waals surface area contributed by atoms with E-state index in [-0.39, 0.29) is 18.0 Å². The first-order valence-corrected chi connectivity index (χ1v) is 10.5. The molecule has 29 heavy (non-hydrogen) atoms. The molecule has 152 valence electrons. The number of carbonyl (C=O) groups excluding carboxylic acids is 1. The number of hydrogen-bond acceptors (Lipinski definition) is 5. The molecule has 2 aliphatic rings. The van der Waals surface area contributed by atoms with Crippen LogP contribution in [0, 0.1) is 5.92 Å². The number of rotatable bonds is 4. The van der Waals surface area contributed by atoms with Gasteiger partial charge in [-0.05, 0) is 50.8 Å². The summed E-state index contributed by atoms with van der Waals surface area (Å²) in [6, 6.07) is 4.20. The van der Waals surface area contributed by atoms with E-state index in [0.717, 1.165) is 0 Å². The fraction of sp³-hybridized carbons (Fsp3) is 0.524. The first-order chi connectivity index (χ1) is 14.2. The highest BCUT2D eigenvalue weighted by Gasteiger charge is 2.32. The average molecular weight is 394 g/mol. The van der Waals surface area contributed by atoms with Gasteiger partial charge in [0, 0.05) is 31.0 Å². The molecule has 5 heterocycles. The van der Waals surface area contributed by atoms with Gasteiger partial charge in [-0.1, -0.05) is 6.42 Å². The molecule has 2 atom stereocenters. The summed E-state index contributed by atoms with van der Waals surface area (Å²) in [5, 5.41) is 7.75. The summed E-state index contributed by atoms with van der Waals surface area (Å²) in [5.41, 5.74) is 1.16. The quantitative estimate of drug-likeness (QED) is 0.724. The van der Waals surface area contributed by atoms with Crippen molar-refractivity contribution in [3.63, 3.8) is 0 Å².